The van der Waals surface area contributed by atoms with Crippen molar-refractivity contribution in [1.29, 1.82) is 0 Å². The molecular formula is C15H14F2N2O. The van der Waals surface area contributed by atoms with E-state index in [1.165, 1.54) is 12.8 Å². The van der Waals surface area contributed by atoms with Crippen molar-refractivity contribution in [2.24, 2.45) is 0 Å². The van der Waals surface area contributed by atoms with Crippen molar-refractivity contribution in [3.8, 4) is 11.6 Å². The monoisotopic (exact) mass is 276 g/mol. The van der Waals surface area contributed by atoms with Gasteiger partial charge in [0.1, 0.15) is 17.4 Å². The van der Waals surface area contributed by atoms with Gasteiger partial charge in [0.15, 0.2) is 0 Å². The number of pyridine rings is 1. The van der Waals surface area contributed by atoms with Crippen molar-refractivity contribution in [1.82, 2.24) is 10.3 Å². The van der Waals surface area contributed by atoms with Crippen LogP contribution < -0.4 is 10.1 Å². The zero-order chi connectivity index (χ0) is 13.9. The molecular weight excluding hydrogens is 262 g/mol. The first-order chi connectivity index (χ1) is 9.69. The van der Waals surface area contributed by atoms with Gasteiger partial charge < -0.3 is 10.1 Å². The van der Waals surface area contributed by atoms with Gasteiger partial charge in [0, 0.05) is 36.9 Å². The van der Waals surface area contributed by atoms with Gasteiger partial charge in [-0.1, -0.05) is 6.07 Å². The Balaban J connectivity index is 1.70. The minimum absolute atomic E-state index is 0.0994. The summed E-state index contributed by atoms with van der Waals surface area (Å²) in [6.07, 6.45) is 2.41. The normalized spacial score (nSPS) is 14.3. The van der Waals surface area contributed by atoms with E-state index >= 15 is 0 Å². The molecule has 0 radical (unpaired) electrons. The predicted octanol–water partition coefficient (Wildman–Crippen LogP) is 3.40. The van der Waals surface area contributed by atoms with Gasteiger partial charge in [0.25, 0.3) is 0 Å². The zero-order valence-electron chi connectivity index (χ0n) is 10.8. The van der Waals surface area contributed by atoms with E-state index in [-0.39, 0.29) is 5.75 Å². The van der Waals surface area contributed by atoms with E-state index < -0.39 is 11.6 Å². The summed E-state index contributed by atoms with van der Waals surface area (Å²) in [5, 5.41) is 3.34. The van der Waals surface area contributed by atoms with E-state index in [2.05, 4.69) is 10.3 Å². The third-order valence-corrected chi connectivity index (χ3v) is 2.99. The summed E-state index contributed by atoms with van der Waals surface area (Å²) in [6.45, 7) is 0.666. The lowest BCUT2D eigenvalue weighted by atomic mass is 10.3. The Morgan fingerprint density at radius 2 is 1.90 bits per heavy atom. The molecule has 104 valence electrons. The highest BCUT2D eigenvalue weighted by molar-refractivity contribution is 5.28. The van der Waals surface area contributed by atoms with Crippen LogP contribution in [0.5, 0.6) is 11.6 Å². The Morgan fingerprint density at radius 3 is 2.60 bits per heavy atom. The van der Waals surface area contributed by atoms with E-state index in [0.717, 1.165) is 23.9 Å². The summed E-state index contributed by atoms with van der Waals surface area (Å²) >= 11 is 0. The molecule has 0 bridgehead atoms. The second-order valence-corrected chi connectivity index (χ2v) is 4.83. The van der Waals surface area contributed by atoms with Crippen LogP contribution in [0.2, 0.25) is 0 Å². The fourth-order valence-corrected chi connectivity index (χ4v) is 1.86. The number of rotatable bonds is 5. The lowest BCUT2D eigenvalue weighted by Gasteiger charge is -2.07. The van der Waals surface area contributed by atoms with Crippen LogP contribution in [0.4, 0.5) is 8.78 Å². The third-order valence-electron chi connectivity index (χ3n) is 2.99. The largest absolute Gasteiger partial charge is 0.439 e. The molecule has 0 amide bonds. The fourth-order valence-electron chi connectivity index (χ4n) is 1.86. The lowest BCUT2D eigenvalue weighted by molar-refractivity contribution is 0.448. The first-order valence-corrected chi connectivity index (χ1v) is 6.52. The minimum Gasteiger partial charge on any atom is -0.439 e. The predicted molar refractivity (Wildman–Crippen MR) is 70.5 cm³/mol. The molecule has 0 aliphatic heterocycles. The van der Waals surface area contributed by atoms with Crippen molar-refractivity contribution >= 4 is 0 Å². The smallest absolute Gasteiger partial charge is 0.219 e. The molecule has 1 aliphatic carbocycles. The number of ether oxygens (including phenoxy) is 1. The van der Waals surface area contributed by atoms with Crippen molar-refractivity contribution in [2.45, 2.75) is 25.4 Å². The van der Waals surface area contributed by atoms with E-state index in [1.54, 1.807) is 6.07 Å². The molecule has 2 aromatic rings. The zero-order valence-corrected chi connectivity index (χ0v) is 10.8. The van der Waals surface area contributed by atoms with Gasteiger partial charge in [-0.3, -0.25) is 0 Å². The number of benzene rings is 1. The Bertz CT molecular complexity index is 594. The number of hydrogen-bond acceptors (Lipinski definition) is 3. The summed E-state index contributed by atoms with van der Waals surface area (Å²) in [6, 6.07) is 8.99. The van der Waals surface area contributed by atoms with Crippen LogP contribution in [0.1, 0.15) is 18.5 Å². The van der Waals surface area contributed by atoms with Crippen molar-refractivity contribution in [3.63, 3.8) is 0 Å². The molecule has 1 saturated carbocycles. The third kappa shape index (κ3) is 3.51. The molecule has 0 spiro atoms. The first kappa shape index (κ1) is 13.0. The summed E-state index contributed by atoms with van der Waals surface area (Å²) in [7, 11) is 0. The molecule has 1 aromatic carbocycles. The van der Waals surface area contributed by atoms with E-state index in [9.17, 15) is 8.78 Å². The Kier molecular flexibility index (Phi) is 3.60. The quantitative estimate of drug-likeness (QED) is 0.908. The van der Waals surface area contributed by atoms with Crippen molar-refractivity contribution in [2.75, 3.05) is 0 Å². The second-order valence-electron chi connectivity index (χ2n) is 4.83. The molecule has 0 atom stereocenters. The van der Waals surface area contributed by atoms with Gasteiger partial charge >= 0.3 is 0 Å². The number of nitrogens with zero attached hydrogens (tertiary/aromatic N) is 1. The van der Waals surface area contributed by atoms with Gasteiger partial charge in [-0.25, -0.2) is 13.8 Å². The van der Waals surface area contributed by atoms with Crippen LogP contribution in [0.15, 0.2) is 36.4 Å². The highest BCUT2D eigenvalue weighted by atomic mass is 19.1. The van der Waals surface area contributed by atoms with Crippen LogP contribution in [-0.2, 0) is 6.54 Å². The Hall–Kier alpha value is -2.01. The summed E-state index contributed by atoms with van der Waals surface area (Å²) in [4.78, 5) is 4.30. The first-order valence-electron chi connectivity index (χ1n) is 6.52. The molecule has 3 nitrogen and oxygen atoms in total. The average molecular weight is 276 g/mol. The molecule has 1 N–H and O–H groups in total. The van der Waals surface area contributed by atoms with Crippen molar-refractivity contribution < 1.29 is 13.5 Å². The highest BCUT2D eigenvalue weighted by Crippen LogP contribution is 2.22. The number of aromatic nitrogens is 1. The molecule has 20 heavy (non-hydrogen) atoms. The highest BCUT2D eigenvalue weighted by Gasteiger charge is 2.20. The maximum atomic E-state index is 13.1. The van der Waals surface area contributed by atoms with Gasteiger partial charge in [-0.05, 0) is 18.9 Å². The molecule has 5 heteroatoms. The summed E-state index contributed by atoms with van der Waals surface area (Å²) < 4.78 is 31.5. The fraction of sp³-hybridized carbons (Fsp3) is 0.267. The van der Waals surface area contributed by atoms with Crippen LogP contribution in [0.3, 0.4) is 0 Å². The van der Waals surface area contributed by atoms with Crippen LogP contribution >= 0.6 is 0 Å². The van der Waals surface area contributed by atoms with Crippen LogP contribution in [0, 0.1) is 11.6 Å². The topological polar surface area (TPSA) is 34.1 Å². The maximum absolute atomic E-state index is 13.1. The summed E-state index contributed by atoms with van der Waals surface area (Å²) in [5.41, 5.74) is 0.839. The van der Waals surface area contributed by atoms with E-state index in [0.29, 0.717) is 18.5 Å². The van der Waals surface area contributed by atoms with Crippen LogP contribution in [0.25, 0.3) is 0 Å². The summed E-state index contributed by atoms with van der Waals surface area (Å²) in [5.74, 6) is -0.925. The number of nitrogens with one attached hydrogen (secondary N) is 1. The average Bonchev–Trinajstić information content (AvgIpc) is 3.19. The molecule has 0 unspecified atom stereocenters. The Labute approximate surface area is 115 Å². The van der Waals surface area contributed by atoms with Crippen molar-refractivity contribution in [3.05, 3.63) is 53.7 Å². The molecule has 1 fully saturated rings. The lowest BCUT2D eigenvalue weighted by Crippen LogP contribution is -2.16. The van der Waals surface area contributed by atoms with E-state index in [4.69, 9.17) is 4.74 Å². The van der Waals surface area contributed by atoms with Gasteiger partial charge in [-0.15, -0.1) is 0 Å². The second kappa shape index (κ2) is 5.54. The minimum atomic E-state index is -0.674. The van der Waals surface area contributed by atoms with Gasteiger partial charge in [-0.2, -0.15) is 0 Å². The molecule has 1 heterocycles. The number of hydrogen-bond donors (Lipinski definition) is 1. The maximum Gasteiger partial charge on any atom is 0.219 e. The Morgan fingerprint density at radius 1 is 1.15 bits per heavy atom. The van der Waals surface area contributed by atoms with Gasteiger partial charge in [0.2, 0.25) is 5.88 Å². The number of halogens is 2. The SMILES string of the molecule is Fc1cc(F)cc(Oc2cccc(CNC3CC3)n2)c1. The molecule has 1 aromatic heterocycles. The van der Waals surface area contributed by atoms with Crippen LogP contribution in [-0.4, -0.2) is 11.0 Å². The van der Waals surface area contributed by atoms with Gasteiger partial charge in [0.05, 0.1) is 5.69 Å². The molecule has 3 rings (SSSR count). The molecule has 0 saturated heterocycles. The van der Waals surface area contributed by atoms with E-state index in [1.807, 2.05) is 12.1 Å². The molecule has 1 aliphatic rings. The standard InChI is InChI=1S/C15H14F2N2O/c16-10-6-11(17)8-14(7-10)20-15-3-1-2-13(19-15)9-18-12-4-5-12/h1-3,6-8,12,18H,4-5,9H2.